The normalized spacial score (nSPS) is 33.0. The molecule has 3 nitrogen and oxygen atoms in total. The third kappa shape index (κ3) is 2.94. The molecule has 124 valence electrons. The topological polar surface area (TPSA) is 35.5 Å². The standard InChI is InChI=1S/C20H26O3/c1-5-18(21)23-17-9-7-6-8-15(17)20-19-13(3)10-12(2)16(11-22-20)14(19)4/h6-10,12,14,16,19-20H,5,11H2,1-4H3/t12-,14+,16-,19-,20-/m0/s1. The van der Waals surface area contributed by atoms with Gasteiger partial charge in [0.25, 0.3) is 0 Å². The highest BCUT2D eigenvalue weighted by Gasteiger charge is 2.44. The summed E-state index contributed by atoms with van der Waals surface area (Å²) in [6.07, 6.45) is 2.73. The highest BCUT2D eigenvalue weighted by Crippen LogP contribution is 2.50. The Morgan fingerprint density at radius 2 is 2.04 bits per heavy atom. The molecule has 1 aliphatic carbocycles. The van der Waals surface area contributed by atoms with Crippen molar-refractivity contribution in [3.63, 3.8) is 0 Å². The molecule has 2 bridgehead atoms. The van der Waals surface area contributed by atoms with Gasteiger partial charge in [-0.05, 0) is 30.7 Å². The molecule has 1 heterocycles. The summed E-state index contributed by atoms with van der Waals surface area (Å²) in [5.41, 5.74) is 2.38. The number of fused-ring (bicyclic) bond motifs is 2. The van der Waals surface area contributed by atoms with E-state index in [0.717, 1.165) is 12.2 Å². The molecule has 0 amide bonds. The van der Waals surface area contributed by atoms with Gasteiger partial charge in [0, 0.05) is 17.9 Å². The molecular weight excluding hydrogens is 288 g/mol. The van der Waals surface area contributed by atoms with Crippen LogP contribution in [0.2, 0.25) is 0 Å². The van der Waals surface area contributed by atoms with Gasteiger partial charge in [0.15, 0.2) is 0 Å². The van der Waals surface area contributed by atoms with E-state index in [0.29, 0.717) is 35.8 Å². The Balaban J connectivity index is 1.96. The third-order valence-electron chi connectivity index (χ3n) is 5.50. The summed E-state index contributed by atoms with van der Waals surface area (Å²) in [5.74, 6) is 2.50. The van der Waals surface area contributed by atoms with Crippen molar-refractivity contribution in [3.8, 4) is 5.75 Å². The predicted octanol–water partition coefficient (Wildman–Crippen LogP) is 4.54. The van der Waals surface area contributed by atoms with Crippen LogP contribution in [0, 0.1) is 23.7 Å². The van der Waals surface area contributed by atoms with Crippen molar-refractivity contribution in [1.82, 2.24) is 0 Å². The summed E-state index contributed by atoms with van der Waals surface area (Å²) in [5, 5.41) is 0. The van der Waals surface area contributed by atoms with Crippen molar-refractivity contribution >= 4 is 5.97 Å². The van der Waals surface area contributed by atoms with Crippen molar-refractivity contribution in [2.24, 2.45) is 23.7 Å². The van der Waals surface area contributed by atoms with E-state index in [4.69, 9.17) is 9.47 Å². The molecule has 1 aliphatic heterocycles. The second-order valence-electron chi connectivity index (χ2n) is 6.94. The molecule has 0 radical (unpaired) electrons. The number of carbonyl (C=O) groups is 1. The molecule has 23 heavy (non-hydrogen) atoms. The van der Waals surface area contributed by atoms with Crippen molar-refractivity contribution in [3.05, 3.63) is 41.5 Å². The van der Waals surface area contributed by atoms with Crippen molar-refractivity contribution in [1.29, 1.82) is 0 Å². The first-order valence-corrected chi connectivity index (χ1v) is 8.62. The molecule has 1 aromatic carbocycles. The molecule has 5 atom stereocenters. The summed E-state index contributed by atoms with van der Waals surface area (Å²) in [7, 11) is 0. The highest BCUT2D eigenvalue weighted by atomic mass is 16.5. The number of hydrogen-bond donors (Lipinski definition) is 0. The average molecular weight is 314 g/mol. The zero-order chi connectivity index (χ0) is 16.6. The SMILES string of the molecule is CCC(=O)Oc1ccccc1[C@@H]1OC[C@@H]2[C@@H](C)[C@@H]1C(C)=C[C@@H]2C. The summed E-state index contributed by atoms with van der Waals surface area (Å²) in [4.78, 5) is 11.7. The lowest BCUT2D eigenvalue weighted by atomic mass is 9.64. The molecule has 1 fully saturated rings. The van der Waals surface area contributed by atoms with Gasteiger partial charge in [-0.15, -0.1) is 0 Å². The van der Waals surface area contributed by atoms with Gasteiger partial charge in [0.1, 0.15) is 5.75 Å². The van der Waals surface area contributed by atoms with Crippen LogP contribution in [0.5, 0.6) is 5.75 Å². The molecule has 3 rings (SSSR count). The van der Waals surface area contributed by atoms with Gasteiger partial charge in [0.05, 0.1) is 12.7 Å². The number of allylic oxidation sites excluding steroid dienone is 1. The van der Waals surface area contributed by atoms with Crippen LogP contribution in [-0.2, 0) is 9.53 Å². The van der Waals surface area contributed by atoms with E-state index in [9.17, 15) is 4.79 Å². The fraction of sp³-hybridized carbons (Fsp3) is 0.550. The molecule has 0 unspecified atom stereocenters. The van der Waals surface area contributed by atoms with E-state index >= 15 is 0 Å². The lowest BCUT2D eigenvalue weighted by molar-refractivity contribution is -0.134. The van der Waals surface area contributed by atoms with E-state index in [1.54, 1.807) is 0 Å². The van der Waals surface area contributed by atoms with Gasteiger partial charge in [-0.1, -0.05) is 50.6 Å². The average Bonchev–Trinajstić information content (AvgIpc) is 2.53. The highest BCUT2D eigenvalue weighted by molar-refractivity contribution is 5.72. The molecule has 3 heteroatoms. The molecule has 1 aromatic rings. The number of ether oxygens (including phenoxy) is 2. The maximum Gasteiger partial charge on any atom is 0.310 e. The quantitative estimate of drug-likeness (QED) is 0.467. The second kappa shape index (κ2) is 6.48. The largest absolute Gasteiger partial charge is 0.426 e. The number of rotatable bonds is 3. The van der Waals surface area contributed by atoms with Crippen LogP contribution in [0.3, 0.4) is 0 Å². The van der Waals surface area contributed by atoms with Crippen molar-refractivity contribution < 1.29 is 14.3 Å². The first-order valence-electron chi connectivity index (χ1n) is 8.62. The Labute approximate surface area is 138 Å². The lowest BCUT2D eigenvalue weighted by Gasteiger charge is -2.47. The fourth-order valence-corrected chi connectivity index (χ4v) is 4.23. The van der Waals surface area contributed by atoms with Crippen LogP contribution in [0.25, 0.3) is 0 Å². The first-order chi connectivity index (χ1) is 11.0. The molecule has 1 saturated heterocycles. The summed E-state index contributed by atoms with van der Waals surface area (Å²) >= 11 is 0. The Morgan fingerprint density at radius 1 is 1.30 bits per heavy atom. The minimum Gasteiger partial charge on any atom is -0.426 e. The maximum absolute atomic E-state index is 11.7. The summed E-state index contributed by atoms with van der Waals surface area (Å²) in [6.45, 7) is 9.39. The number of para-hydroxylation sites is 1. The van der Waals surface area contributed by atoms with Gasteiger partial charge < -0.3 is 9.47 Å². The van der Waals surface area contributed by atoms with Crippen LogP contribution in [-0.4, -0.2) is 12.6 Å². The number of carbonyl (C=O) groups excluding carboxylic acids is 1. The van der Waals surface area contributed by atoms with E-state index in [1.165, 1.54) is 5.57 Å². The van der Waals surface area contributed by atoms with Gasteiger partial charge in [-0.25, -0.2) is 0 Å². The van der Waals surface area contributed by atoms with Crippen LogP contribution < -0.4 is 4.74 Å². The second-order valence-corrected chi connectivity index (χ2v) is 6.94. The van der Waals surface area contributed by atoms with Crippen LogP contribution >= 0.6 is 0 Å². The fourth-order valence-electron chi connectivity index (χ4n) is 4.23. The maximum atomic E-state index is 11.7. The molecule has 0 aromatic heterocycles. The monoisotopic (exact) mass is 314 g/mol. The van der Waals surface area contributed by atoms with Crippen LogP contribution in [0.15, 0.2) is 35.9 Å². The van der Waals surface area contributed by atoms with E-state index < -0.39 is 0 Å². The Bertz CT molecular complexity index is 619. The minimum absolute atomic E-state index is 0.0362. The third-order valence-corrected chi connectivity index (χ3v) is 5.50. The number of hydrogen-bond acceptors (Lipinski definition) is 3. The van der Waals surface area contributed by atoms with E-state index in [2.05, 4.69) is 26.8 Å². The summed E-state index contributed by atoms with van der Waals surface area (Å²) < 4.78 is 11.8. The Hall–Kier alpha value is -1.61. The summed E-state index contributed by atoms with van der Waals surface area (Å²) in [6, 6.07) is 7.79. The van der Waals surface area contributed by atoms with Crippen molar-refractivity contribution in [2.45, 2.75) is 40.2 Å². The Kier molecular flexibility index (Phi) is 4.58. The van der Waals surface area contributed by atoms with Crippen LogP contribution in [0.1, 0.15) is 45.8 Å². The molecule has 0 N–H and O–H groups in total. The lowest BCUT2D eigenvalue weighted by Crippen LogP contribution is -2.42. The van der Waals surface area contributed by atoms with E-state index in [1.807, 2.05) is 31.2 Å². The number of benzene rings is 1. The van der Waals surface area contributed by atoms with Gasteiger partial charge in [-0.2, -0.15) is 0 Å². The smallest absolute Gasteiger partial charge is 0.310 e. The molecular formula is C20H26O3. The van der Waals surface area contributed by atoms with Gasteiger partial charge in [-0.3, -0.25) is 4.79 Å². The van der Waals surface area contributed by atoms with Crippen molar-refractivity contribution in [2.75, 3.05) is 6.61 Å². The molecule has 0 spiro atoms. The van der Waals surface area contributed by atoms with Gasteiger partial charge in [0.2, 0.25) is 0 Å². The zero-order valence-corrected chi connectivity index (χ0v) is 14.4. The van der Waals surface area contributed by atoms with E-state index in [-0.39, 0.29) is 12.1 Å². The molecule has 2 aliphatic rings. The minimum atomic E-state index is -0.205. The van der Waals surface area contributed by atoms with Crippen LogP contribution in [0.4, 0.5) is 0 Å². The first kappa shape index (κ1) is 16.3. The molecule has 0 saturated carbocycles. The Morgan fingerprint density at radius 3 is 2.78 bits per heavy atom. The zero-order valence-electron chi connectivity index (χ0n) is 14.4. The number of esters is 1. The predicted molar refractivity (Wildman–Crippen MR) is 90.1 cm³/mol. The van der Waals surface area contributed by atoms with Gasteiger partial charge >= 0.3 is 5.97 Å².